The number of benzene rings is 1. The van der Waals surface area contributed by atoms with Crippen molar-refractivity contribution in [3.05, 3.63) is 54.1 Å². The van der Waals surface area contributed by atoms with Gasteiger partial charge in [0, 0.05) is 43.9 Å². The summed E-state index contributed by atoms with van der Waals surface area (Å²) in [5.74, 6) is 2.35. The molecule has 1 aromatic carbocycles. The zero-order chi connectivity index (χ0) is 17.1. The third-order valence-corrected chi connectivity index (χ3v) is 5.82. The van der Waals surface area contributed by atoms with Crippen LogP contribution in [0, 0.1) is 5.92 Å². The molecule has 2 heterocycles. The molecule has 0 N–H and O–H groups in total. The van der Waals surface area contributed by atoms with Gasteiger partial charge in [0.2, 0.25) is 5.91 Å². The molecule has 0 spiro atoms. The molecule has 1 amide bonds. The molecule has 132 valence electrons. The number of rotatable bonds is 4. The van der Waals surface area contributed by atoms with Crippen LogP contribution in [0.15, 0.2) is 42.7 Å². The summed E-state index contributed by atoms with van der Waals surface area (Å²) >= 11 is 0. The van der Waals surface area contributed by atoms with E-state index in [0.29, 0.717) is 17.7 Å². The Morgan fingerprint density at radius 2 is 1.76 bits per heavy atom. The van der Waals surface area contributed by atoms with Crippen molar-refractivity contribution in [2.24, 2.45) is 5.92 Å². The molecule has 4 heteroatoms. The molecule has 1 saturated heterocycles. The van der Waals surface area contributed by atoms with Crippen LogP contribution in [-0.2, 0) is 11.3 Å². The number of hydrogen-bond acceptors (Lipinski definition) is 2. The number of likely N-dealkylation sites (tertiary alicyclic amines) is 1. The van der Waals surface area contributed by atoms with E-state index >= 15 is 0 Å². The molecule has 0 atom stereocenters. The molecule has 0 radical (unpaired) electrons. The molecular weight excluding hydrogens is 310 g/mol. The summed E-state index contributed by atoms with van der Waals surface area (Å²) in [6.07, 6.45) is 10.7. The lowest BCUT2D eigenvalue weighted by atomic mass is 9.94. The number of hydrogen-bond donors (Lipinski definition) is 0. The lowest BCUT2D eigenvalue weighted by molar-refractivity contribution is -0.136. The average Bonchev–Trinajstić information content (AvgIpc) is 3.34. The number of amides is 1. The first-order valence-electron chi connectivity index (χ1n) is 9.65. The number of nitrogens with zero attached hydrogens (tertiary/aromatic N) is 3. The van der Waals surface area contributed by atoms with E-state index in [-0.39, 0.29) is 0 Å². The highest BCUT2D eigenvalue weighted by molar-refractivity contribution is 5.79. The van der Waals surface area contributed by atoms with Crippen LogP contribution >= 0.6 is 0 Å². The SMILES string of the molecule is O=C(C1CCCC1)N1CCC(c2nccn2Cc2ccccc2)CC1. The van der Waals surface area contributed by atoms with Crippen LogP contribution < -0.4 is 0 Å². The molecule has 2 aliphatic rings. The van der Waals surface area contributed by atoms with Gasteiger partial charge in [0.1, 0.15) is 5.82 Å². The summed E-state index contributed by atoms with van der Waals surface area (Å²) < 4.78 is 2.27. The zero-order valence-corrected chi connectivity index (χ0v) is 14.8. The molecule has 4 rings (SSSR count). The van der Waals surface area contributed by atoms with Gasteiger partial charge in [-0.1, -0.05) is 43.2 Å². The Kier molecular flexibility index (Phi) is 4.86. The quantitative estimate of drug-likeness (QED) is 0.850. The Balaban J connectivity index is 1.38. The van der Waals surface area contributed by atoms with Gasteiger partial charge in [-0.05, 0) is 31.2 Å². The fourth-order valence-electron chi connectivity index (χ4n) is 4.38. The molecule has 4 nitrogen and oxygen atoms in total. The molecule has 2 fully saturated rings. The van der Waals surface area contributed by atoms with E-state index in [2.05, 4.69) is 51.0 Å². The monoisotopic (exact) mass is 337 g/mol. The molecular formula is C21H27N3O. The maximum absolute atomic E-state index is 12.6. The van der Waals surface area contributed by atoms with Crippen molar-refractivity contribution in [3.63, 3.8) is 0 Å². The van der Waals surface area contributed by atoms with Crippen molar-refractivity contribution < 1.29 is 4.79 Å². The van der Waals surface area contributed by atoms with E-state index in [4.69, 9.17) is 0 Å². The van der Waals surface area contributed by atoms with Crippen molar-refractivity contribution in [1.82, 2.24) is 14.5 Å². The second-order valence-electron chi connectivity index (χ2n) is 7.48. The lowest BCUT2D eigenvalue weighted by Crippen LogP contribution is -2.41. The summed E-state index contributed by atoms with van der Waals surface area (Å²) in [5, 5.41) is 0. The molecule has 1 saturated carbocycles. The van der Waals surface area contributed by atoms with Crippen LogP contribution in [0.5, 0.6) is 0 Å². The minimum absolute atomic E-state index is 0.302. The van der Waals surface area contributed by atoms with Crippen LogP contribution in [0.4, 0.5) is 0 Å². The summed E-state index contributed by atoms with van der Waals surface area (Å²) in [6, 6.07) is 10.5. The molecule has 1 aliphatic heterocycles. The maximum Gasteiger partial charge on any atom is 0.225 e. The molecule has 0 bridgehead atoms. The van der Waals surface area contributed by atoms with E-state index in [9.17, 15) is 4.79 Å². The highest BCUT2D eigenvalue weighted by atomic mass is 16.2. The van der Waals surface area contributed by atoms with Gasteiger partial charge in [0.05, 0.1) is 0 Å². The van der Waals surface area contributed by atoms with Gasteiger partial charge in [0.25, 0.3) is 0 Å². The van der Waals surface area contributed by atoms with E-state index in [1.54, 1.807) is 0 Å². The van der Waals surface area contributed by atoms with Gasteiger partial charge in [-0.3, -0.25) is 4.79 Å². The smallest absolute Gasteiger partial charge is 0.225 e. The first-order chi connectivity index (χ1) is 12.3. The van der Waals surface area contributed by atoms with Crippen molar-refractivity contribution in [2.75, 3.05) is 13.1 Å². The van der Waals surface area contributed by atoms with Gasteiger partial charge in [-0.25, -0.2) is 4.98 Å². The van der Waals surface area contributed by atoms with Gasteiger partial charge >= 0.3 is 0 Å². The first-order valence-corrected chi connectivity index (χ1v) is 9.65. The highest BCUT2D eigenvalue weighted by Crippen LogP contribution is 2.31. The van der Waals surface area contributed by atoms with Crippen molar-refractivity contribution in [2.45, 2.75) is 51.0 Å². The van der Waals surface area contributed by atoms with E-state index in [1.807, 2.05) is 6.20 Å². The normalized spacial score (nSPS) is 19.4. The fraction of sp³-hybridized carbons (Fsp3) is 0.524. The minimum Gasteiger partial charge on any atom is -0.342 e. The van der Waals surface area contributed by atoms with Crippen LogP contribution in [0.3, 0.4) is 0 Å². The molecule has 2 aromatic rings. The fourth-order valence-corrected chi connectivity index (χ4v) is 4.38. The molecule has 1 aromatic heterocycles. The lowest BCUT2D eigenvalue weighted by Gasteiger charge is -2.33. The Hall–Kier alpha value is -2.10. The summed E-state index contributed by atoms with van der Waals surface area (Å²) in [5.41, 5.74) is 1.30. The van der Waals surface area contributed by atoms with Crippen LogP contribution in [0.1, 0.15) is 55.8 Å². The Morgan fingerprint density at radius 1 is 1.04 bits per heavy atom. The van der Waals surface area contributed by atoms with Crippen LogP contribution in [0.25, 0.3) is 0 Å². The molecule has 0 unspecified atom stereocenters. The number of piperidine rings is 1. The van der Waals surface area contributed by atoms with Gasteiger partial charge < -0.3 is 9.47 Å². The van der Waals surface area contributed by atoms with E-state index in [1.165, 1.54) is 24.2 Å². The summed E-state index contributed by atoms with van der Waals surface area (Å²) in [6.45, 7) is 2.65. The standard InChI is InChI=1S/C21H27N3O/c25-21(19-8-4-5-9-19)23-13-10-18(11-14-23)20-22-12-15-24(20)16-17-6-2-1-3-7-17/h1-3,6-7,12,15,18-19H,4-5,8-11,13-14,16H2. The first kappa shape index (κ1) is 16.4. The summed E-state index contributed by atoms with van der Waals surface area (Å²) in [4.78, 5) is 19.4. The van der Waals surface area contributed by atoms with E-state index < -0.39 is 0 Å². The Morgan fingerprint density at radius 3 is 2.48 bits per heavy atom. The molecule has 25 heavy (non-hydrogen) atoms. The topological polar surface area (TPSA) is 38.1 Å². The Bertz CT molecular complexity index is 695. The van der Waals surface area contributed by atoms with E-state index in [0.717, 1.165) is 45.3 Å². The number of carbonyl (C=O) groups is 1. The predicted molar refractivity (Wildman–Crippen MR) is 98.3 cm³/mol. The number of imidazole rings is 1. The second-order valence-corrected chi connectivity index (χ2v) is 7.48. The van der Waals surface area contributed by atoms with Crippen molar-refractivity contribution in [1.29, 1.82) is 0 Å². The van der Waals surface area contributed by atoms with Gasteiger partial charge in [-0.15, -0.1) is 0 Å². The summed E-state index contributed by atoms with van der Waals surface area (Å²) in [7, 11) is 0. The third-order valence-electron chi connectivity index (χ3n) is 5.82. The largest absolute Gasteiger partial charge is 0.342 e. The van der Waals surface area contributed by atoms with Crippen molar-refractivity contribution in [3.8, 4) is 0 Å². The van der Waals surface area contributed by atoms with Gasteiger partial charge in [-0.2, -0.15) is 0 Å². The predicted octanol–water partition coefficient (Wildman–Crippen LogP) is 3.83. The third kappa shape index (κ3) is 3.63. The zero-order valence-electron chi connectivity index (χ0n) is 14.8. The highest BCUT2D eigenvalue weighted by Gasteiger charge is 2.31. The number of carbonyl (C=O) groups excluding carboxylic acids is 1. The number of aromatic nitrogens is 2. The minimum atomic E-state index is 0.302. The second kappa shape index (κ2) is 7.42. The Labute approximate surface area is 149 Å². The van der Waals surface area contributed by atoms with Gasteiger partial charge in [0.15, 0.2) is 0 Å². The molecule has 1 aliphatic carbocycles. The van der Waals surface area contributed by atoms with Crippen molar-refractivity contribution >= 4 is 5.91 Å². The van der Waals surface area contributed by atoms with Crippen LogP contribution in [0.2, 0.25) is 0 Å². The average molecular weight is 337 g/mol. The van der Waals surface area contributed by atoms with Crippen LogP contribution in [-0.4, -0.2) is 33.4 Å². The maximum atomic E-state index is 12.6.